The zero-order chi connectivity index (χ0) is 11.3. The van der Waals surface area contributed by atoms with Gasteiger partial charge in [-0.3, -0.25) is 4.79 Å². The van der Waals surface area contributed by atoms with Gasteiger partial charge in [-0.05, 0) is 18.9 Å². The van der Waals surface area contributed by atoms with Crippen molar-refractivity contribution in [3.63, 3.8) is 0 Å². The molecule has 0 aromatic heterocycles. The van der Waals surface area contributed by atoms with E-state index in [0.29, 0.717) is 25.2 Å². The van der Waals surface area contributed by atoms with Gasteiger partial charge in [-0.2, -0.15) is 0 Å². The van der Waals surface area contributed by atoms with Crippen molar-refractivity contribution in [3.05, 3.63) is 29.6 Å². The Labute approximate surface area is 91.8 Å². The van der Waals surface area contributed by atoms with Gasteiger partial charge in [0.25, 0.3) is 0 Å². The van der Waals surface area contributed by atoms with Crippen molar-refractivity contribution in [1.82, 2.24) is 0 Å². The molecule has 3 nitrogen and oxygen atoms in total. The molecule has 2 unspecified atom stereocenters. The third-order valence-corrected chi connectivity index (χ3v) is 3.66. The molecule has 1 aromatic carbocycles. The quantitative estimate of drug-likeness (QED) is 0.790. The van der Waals surface area contributed by atoms with E-state index in [9.17, 15) is 9.18 Å². The van der Waals surface area contributed by atoms with Gasteiger partial charge in [0.1, 0.15) is 11.6 Å². The van der Waals surface area contributed by atoms with Crippen LogP contribution < -0.4 is 4.74 Å². The molecule has 1 saturated carbocycles. The van der Waals surface area contributed by atoms with Crippen LogP contribution in [0.25, 0.3) is 0 Å². The molecule has 16 heavy (non-hydrogen) atoms. The fourth-order valence-electron chi connectivity index (χ4n) is 2.71. The molecule has 0 radical (unpaired) electrons. The monoisotopic (exact) mass is 222 g/mol. The highest BCUT2D eigenvalue weighted by molar-refractivity contribution is 5.78. The lowest BCUT2D eigenvalue weighted by molar-refractivity contribution is -0.139. The Morgan fingerprint density at radius 2 is 2.38 bits per heavy atom. The number of halogens is 1. The van der Waals surface area contributed by atoms with Gasteiger partial charge in [0.15, 0.2) is 0 Å². The van der Waals surface area contributed by atoms with Gasteiger partial charge in [-0.1, -0.05) is 6.07 Å². The Balaban J connectivity index is 2.05. The van der Waals surface area contributed by atoms with E-state index in [1.165, 1.54) is 12.1 Å². The lowest BCUT2D eigenvalue weighted by atomic mass is 9.87. The largest absolute Gasteiger partial charge is 0.493 e. The lowest BCUT2D eigenvalue weighted by Gasteiger charge is -2.26. The van der Waals surface area contributed by atoms with Crippen LogP contribution >= 0.6 is 0 Å². The van der Waals surface area contributed by atoms with Crippen LogP contribution in [0, 0.1) is 11.7 Å². The van der Waals surface area contributed by atoms with Crippen molar-refractivity contribution in [2.24, 2.45) is 5.92 Å². The average molecular weight is 222 g/mol. The Morgan fingerprint density at radius 1 is 1.56 bits per heavy atom. The molecule has 2 atom stereocenters. The van der Waals surface area contributed by atoms with E-state index in [2.05, 4.69) is 0 Å². The highest BCUT2D eigenvalue weighted by Crippen LogP contribution is 2.60. The third kappa shape index (κ3) is 1.16. The Hall–Kier alpha value is -1.58. The van der Waals surface area contributed by atoms with Gasteiger partial charge in [0.05, 0.1) is 12.5 Å². The van der Waals surface area contributed by atoms with E-state index < -0.39 is 5.97 Å². The number of fused-ring (bicyclic) bond motifs is 2. The van der Waals surface area contributed by atoms with Gasteiger partial charge in [0, 0.05) is 17.0 Å². The zero-order valence-electron chi connectivity index (χ0n) is 8.57. The number of benzene rings is 1. The average Bonchev–Trinajstić information content (AvgIpc) is 2.93. The van der Waals surface area contributed by atoms with Crippen molar-refractivity contribution in [1.29, 1.82) is 0 Å². The number of carbonyl (C=O) groups is 1. The predicted octanol–water partition coefficient (Wildman–Crippen LogP) is 1.95. The van der Waals surface area contributed by atoms with Crippen LogP contribution in [0.2, 0.25) is 0 Å². The number of carboxylic acids is 1. The summed E-state index contributed by atoms with van der Waals surface area (Å²) in [5.41, 5.74) is 0.556. The minimum Gasteiger partial charge on any atom is -0.493 e. The first-order valence-corrected chi connectivity index (χ1v) is 5.29. The highest BCUT2D eigenvalue weighted by Gasteiger charge is 2.61. The molecule has 1 N–H and O–H groups in total. The van der Waals surface area contributed by atoms with Crippen LogP contribution in [-0.2, 0) is 10.2 Å². The van der Waals surface area contributed by atoms with Gasteiger partial charge in [-0.15, -0.1) is 0 Å². The first kappa shape index (κ1) is 9.63. The van der Waals surface area contributed by atoms with Crippen LogP contribution in [0.5, 0.6) is 5.75 Å². The first-order valence-electron chi connectivity index (χ1n) is 5.29. The number of carboxylic acid groups (broad SMARTS) is 1. The molecule has 4 heteroatoms. The number of hydrogen-bond acceptors (Lipinski definition) is 2. The van der Waals surface area contributed by atoms with E-state index >= 15 is 0 Å². The summed E-state index contributed by atoms with van der Waals surface area (Å²) in [7, 11) is 0. The number of hydrogen-bond donors (Lipinski definition) is 1. The summed E-state index contributed by atoms with van der Waals surface area (Å²) in [5.74, 6) is -0.934. The maximum Gasteiger partial charge on any atom is 0.307 e. The second kappa shape index (κ2) is 2.97. The van der Waals surface area contributed by atoms with E-state index in [4.69, 9.17) is 9.84 Å². The molecule has 1 heterocycles. The summed E-state index contributed by atoms with van der Waals surface area (Å²) in [4.78, 5) is 11.0. The summed E-state index contributed by atoms with van der Waals surface area (Å²) in [5, 5.41) is 9.04. The second-order valence-corrected chi connectivity index (χ2v) is 4.49. The van der Waals surface area contributed by atoms with Crippen LogP contribution in [0.1, 0.15) is 18.4 Å². The molecule has 1 aliphatic carbocycles. The van der Waals surface area contributed by atoms with Crippen molar-refractivity contribution in [3.8, 4) is 5.75 Å². The molecule has 3 rings (SSSR count). The summed E-state index contributed by atoms with van der Waals surface area (Å²) >= 11 is 0. The van der Waals surface area contributed by atoms with E-state index in [0.717, 1.165) is 5.56 Å². The second-order valence-electron chi connectivity index (χ2n) is 4.49. The first-order chi connectivity index (χ1) is 7.63. The number of rotatable bonds is 1. The normalized spacial score (nSPS) is 30.7. The van der Waals surface area contributed by atoms with Gasteiger partial charge in [-0.25, -0.2) is 4.39 Å². The summed E-state index contributed by atoms with van der Waals surface area (Å²) in [6.07, 6.45) is 1.35. The van der Waals surface area contributed by atoms with Gasteiger partial charge >= 0.3 is 5.97 Å². The van der Waals surface area contributed by atoms with E-state index in [1.54, 1.807) is 6.07 Å². The van der Waals surface area contributed by atoms with Crippen LogP contribution in [0.3, 0.4) is 0 Å². The topological polar surface area (TPSA) is 46.5 Å². The molecule has 1 aromatic rings. The lowest BCUT2D eigenvalue weighted by Crippen LogP contribution is -2.24. The minimum absolute atomic E-state index is 0.298. The minimum atomic E-state index is -0.767. The van der Waals surface area contributed by atoms with Crippen molar-refractivity contribution in [2.45, 2.75) is 18.3 Å². The van der Waals surface area contributed by atoms with Crippen LogP contribution in [0.4, 0.5) is 4.39 Å². The van der Waals surface area contributed by atoms with E-state index in [-0.39, 0.29) is 17.2 Å². The van der Waals surface area contributed by atoms with Gasteiger partial charge in [0.2, 0.25) is 0 Å². The summed E-state index contributed by atoms with van der Waals surface area (Å²) in [6.45, 7) is 0.472. The maximum atomic E-state index is 13.0. The predicted molar refractivity (Wildman–Crippen MR) is 53.9 cm³/mol. The third-order valence-electron chi connectivity index (χ3n) is 3.66. The number of aliphatic carboxylic acids is 1. The molecule has 1 spiro atoms. The molecule has 0 amide bonds. The standard InChI is InChI=1S/C12H11FO3/c13-7-1-2-8-10(5-7)16-4-3-12(8)6-9(12)11(14)15/h1-2,5,9H,3-4,6H2,(H,14,15). The fraction of sp³-hybridized carbons (Fsp3) is 0.417. The molecular formula is C12H11FO3. The molecular weight excluding hydrogens is 211 g/mol. The molecule has 0 bridgehead atoms. The molecule has 84 valence electrons. The highest BCUT2D eigenvalue weighted by atomic mass is 19.1. The van der Waals surface area contributed by atoms with Crippen molar-refractivity contribution in [2.75, 3.05) is 6.61 Å². The fourth-order valence-corrected chi connectivity index (χ4v) is 2.71. The molecule has 2 aliphatic rings. The van der Waals surface area contributed by atoms with Crippen LogP contribution in [0.15, 0.2) is 18.2 Å². The smallest absolute Gasteiger partial charge is 0.307 e. The Morgan fingerprint density at radius 3 is 3.06 bits per heavy atom. The Kier molecular flexibility index (Phi) is 1.79. The van der Waals surface area contributed by atoms with E-state index in [1.807, 2.05) is 0 Å². The van der Waals surface area contributed by atoms with Crippen molar-refractivity contribution < 1.29 is 19.0 Å². The van der Waals surface area contributed by atoms with Crippen LogP contribution in [-0.4, -0.2) is 17.7 Å². The molecule has 1 aliphatic heterocycles. The number of ether oxygens (including phenoxy) is 1. The zero-order valence-corrected chi connectivity index (χ0v) is 8.57. The Bertz CT molecular complexity index is 471. The summed E-state index contributed by atoms with van der Waals surface area (Å²) in [6, 6.07) is 4.37. The maximum absolute atomic E-state index is 13.0. The van der Waals surface area contributed by atoms with Crippen molar-refractivity contribution >= 4 is 5.97 Å². The molecule has 0 saturated heterocycles. The molecule has 1 fully saturated rings. The SMILES string of the molecule is O=C(O)C1CC12CCOc1cc(F)ccc12. The van der Waals surface area contributed by atoms with Gasteiger partial charge < -0.3 is 9.84 Å². The summed E-state index contributed by atoms with van der Waals surface area (Å²) < 4.78 is 18.4.